The average Bonchev–Trinajstić information content (AvgIpc) is 3.58. The highest BCUT2D eigenvalue weighted by molar-refractivity contribution is 7.25. The van der Waals surface area contributed by atoms with Crippen LogP contribution in [0.1, 0.15) is 38.7 Å². The minimum absolute atomic E-state index is 0.421. The maximum absolute atomic E-state index is 2.46. The molecular formula is C34H29NS. The summed E-state index contributed by atoms with van der Waals surface area (Å²) >= 11 is 1.90. The number of hydrogen-bond acceptors (Lipinski definition) is 1. The zero-order chi connectivity index (χ0) is 24.4. The molecule has 2 heterocycles. The maximum Gasteiger partial charge on any atom is 0.0541 e. The Bertz CT molecular complexity index is 1810. The third-order valence-electron chi connectivity index (χ3n) is 8.11. The van der Waals surface area contributed by atoms with E-state index >= 15 is 0 Å². The lowest BCUT2D eigenvalue weighted by Crippen LogP contribution is -2.05. The molecule has 0 bridgehead atoms. The monoisotopic (exact) mass is 483 g/mol. The molecule has 0 saturated carbocycles. The second-order valence-electron chi connectivity index (χ2n) is 10.1. The minimum atomic E-state index is 0.421. The van der Waals surface area contributed by atoms with E-state index in [-0.39, 0.29) is 0 Å². The molecule has 2 aromatic heterocycles. The van der Waals surface area contributed by atoms with Crippen LogP contribution in [0.2, 0.25) is 0 Å². The number of aromatic nitrogens is 1. The smallest absolute Gasteiger partial charge is 0.0541 e. The van der Waals surface area contributed by atoms with Crippen LogP contribution in [0.25, 0.3) is 47.7 Å². The predicted octanol–water partition coefficient (Wildman–Crippen LogP) is 10.2. The fourth-order valence-corrected chi connectivity index (χ4v) is 7.39. The second-order valence-corrected chi connectivity index (χ2v) is 11.2. The first-order chi connectivity index (χ1) is 17.6. The summed E-state index contributed by atoms with van der Waals surface area (Å²) in [5, 5.41) is 5.34. The molecule has 0 N–H and O–H groups in total. The molecule has 1 aliphatic carbocycles. The zero-order valence-electron chi connectivity index (χ0n) is 21.0. The molecule has 2 unspecified atom stereocenters. The van der Waals surface area contributed by atoms with Crippen molar-refractivity contribution < 1.29 is 0 Å². The van der Waals surface area contributed by atoms with E-state index in [2.05, 4.69) is 122 Å². The van der Waals surface area contributed by atoms with E-state index in [1.54, 1.807) is 5.57 Å². The summed E-state index contributed by atoms with van der Waals surface area (Å²) in [6.45, 7) is 6.99. The van der Waals surface area contributed by atoms with Gasteiger partial charge in [-0.3, -0.25) is 0 Å². The lowest BCUT2D eigenvalue weighted by molar-refractivity contribution is 0.739. The SMILES string of the molecule is CCC1=C(C(C)c2ccc3sc4ccc(-n5c6ccccc6c6ccccc65)cc4c3c2)C(C)C=C1. The quantitative estimate of drug-likeness (QED) is 0.235. The third-order valence-corrected chi connectivity index (χ3v) is 9.26. The van der Waals surface area contributed by atoms with Crippen LogP contribution in [0, 0.1) is 5.92 Å². The van der Waals surface area contributed by atoms with Crippen LogP contribution in [0.3, 0.4) is 0 Å². The summed E-state index contributed by atoms with van der Waals surface area (Å²) in [5.41, 5.74) is 8.26. The third kappa shape index (κ3) is 3.14. The van der Waals surface area contributed by atoms with Gasteiger partial charge in [0, 0.05) is 42.6 Å². The van der Waals surface area contributed by atoms with Crippen molar-refractivity contribution in [2.75, 3.05) is 0 Å². The number of hydrogen-bond donors (Lipinski definition) is 0. The molecule has 2 atom stereocenters. The molecule has 1 nitrogen and oxygen atoms in total. The van der Waals surface area contributed by atoms with Gasteiger partial charge >= 0.3 is 0 Å². The zero-order valence-corrected chi connectivity index (χ0v) is 21.8. The minimum Gasteiger partial charge on any atom is -0.309 e. The topological polar surface area (TPSA) is 4.93 Å². The van der Waals surface area contributed by atoms with E-state index in [1.165, 1.54) is 58.8 Å². The van der Waals surface area contributed by atoms with Crippen molar-refractivity contribution in [1.29, 1.82) is 0 Å². The molecule has 7 rings (SSSR count). The van der Waals surface area contributed by atoms with Gasteiger partial charge in [-0.15, -0.1) is 11.3 Å². The Hall–Kier alpha value is -3.62. The van der Waals surface area contributed by atoms with Gasteiger partial charge in [0.05, 0.1) is 11.0 Å². The summed E-state index contributed by atoms with van der Waals surface area (Å²) in [6, 6.07) is 31.6. The lowest BCUT2D eigenvalue weighted by atomic mass is 9.84. The van der Waals surface area contributed by atoms with Gasteiger partial charge in [0.25, 0.3) is 0 Å². The van der Waals surface area contributed by atoms with E-state index in [0.717, 1.165) is 6.42 Å². The summed E-state index contributed by atoms with van der Waals surface area (Å²) in [6.07, 6.45) is 5.81. The van der Waals surface area contributed by atoms with E-state index in [0.29, 0.717) is 11.8 Å². The van der Waals surface area contributed by atoms with Crippen molar-refractivity contribution >= 4 is 53.3 Å². The number of allylic oxidation sites excluding steroid dienone is 4. The summed E-state index contributed by atoms with van der Waals surface area (Å²) in [4.78, 5) is 0. The number of rotatable bonds is 4. The molecule has 0 saturated heterocycles. The van der Waals surface area contributed by atoms with Crippen molar-refractivity contribution in [3.8, 4) is 5.69 Å². The second kappa shape index (κ2) is 8.21. The van der Waals surface area contributed by atoms with Crippen molar-refractivity contribution in [2.45, 2.75) is 33.1 Å². The predicted molar refractivity (Wildman–Crippen MR) is 158 cm³/mol. The van der Waals surface area contributed by atoms with Crippen molar-refractivity contribution in [1.82, 2.24) is 4.57 Å². The molecule has 0 radical (unpaired) electrons. The first-order valence-electron chi connectivity index (χ1n) is 13.0. The Labute approximate surface area is 216 Å². The van der Waals surface area contributed by atoms with Crippen molar-refractivity contribution in [3.63, 3.8) is 0 Å². The van der Waals surface area contributed by atoms with Gasteiger partial charge in [0.2, 0.25) is 0 Å². The molecule has 1 aliphatic rings. The Morgan fingerprint density at radius 3 is 2.11 bits per heavy atom. The first kappa shape index (κ1) is 21.6. The molecule has 0 aliphatic heterocycles. The number of fused-ring (bicyclic) bond motifs is 6. The molecule has 4 aromatic carbocycles. The molecule has 0 spiro atoms. The molecule has 0 amide bonds. The first-order valence-corrected chi connectivity index (χ1v) is 13.8. The summed E-state index contributed by atoms with van der Waals surface area (Å²) in [5.74, 6) is 0.941. The largest absolute Gasteiger partial charge is 0.309 e. The molecular weight excluding hydrogens is 454 g/mol. The van der Waals surface area contributed by atoms with Crippen LogP contribution in [-0.4, -0.2) is 4.57 Å². The lowest BCUT2D eigenvalue weighted by Gasteiger charge is -2.20. The van der Waals surface area contributed by atoms with Crippen LogP contribution in [0.5, 0.6) is 0 Å². The van der Waals surface area contributed by atoms with Crippen molar-refractivity contribution in [2.24, 2.45) is 5.92 Å². The van der Waals surface area contributed by atoms with Gasteiger partial charge in [0.1, 0.15) is 0 Å². The normalized spacial score (nSPS) is 16.8. The number of benzene rings is 4. The van der Waals surface area contributed by atoms with Gasteiger partial charge < -0.3 is 4.57 Å². The highest BCUT2D eigenvalue weighted by Gasteiger charge is 2.23. The van der Waals surface area contributed by atoms with E-state index in [1.807, 2.05) is 11.3 Å². The Morgan fingerprint density at radius 1 is 0.778 bits per heavy atom. The van der Waals surface area contributed by atoms with Gasteiger partial charge in [-0.2, -0.15) is 0 Å². The highest BCUT2D eigenvalue weighted by atomic mass is 32.1. The van der Waals surface area contributed by atoms with Gasteiger partial charge in [-0.05, 0) is 65.9 Å². The van der Waals surface area contributed by atoms with E-state index in [9.17, 15) is 0 Å². The van der Waals surface area contributed by atoms with Gasteiger partial charge in [0.15, 0.2) is 0 Å². The fourth-order valence-electron chi connectivity index (χ4n) is 6.32. The molecule has 2 heteroatoms. The maximum atomic E-state index is 2.46. The summed E-state index contributed by atoms with van der Waals surface area (Å²) < 4.78 is 5.14. The molecule has 0 fully saturated rings. The average molecular weight is 484 g/mol. The van der Waals surface area contributed by atoms with Crippen LogP contribution in [0.4, 0.5) is 0 Å². The molecule has 6 aromatic rings. The van der Waals surface area contributed by atoms with Crippen LogP contribution >= 0.6 is 11.3 Å². The summed E-state index contributed by atoms with van der Waals surface area (Å²) in [7, 11) is 0. The van der Waals surface area contributed by atoms with E-state index < -0.39 is 0 Å². The Morgan fingerprint density at radius 2 is 1.42 bits per heavy atom. The van der Waals surface area contributed by atoms with Crippen LogP contribution in [0.15, 0.2) is 108 Å². The number of nitrogens with zero attached hydrogens (tertiary/aromatic N) is 1. The van der Waals surface area contributed by atoms with Gasteiger partial charge in [-0.1, -0.05) is 81.0 Å². The van der Waals surface area contributed by atoms with Gasteiger partial charge in [-0.25, -0.2) is 0 Å². The van der Waals surface area contributed by atoms with E-state index in [4.69, 9.17) is 0 Å². The standard InChI is InChI=1S/C34H29NS/c1-4-23-14-13-21(2)34(23)22(3)24-15-17-32-28(19-24)29-20-25(16-18-33(29)36-32)35-30-11-7-5-9-26(30)27-10-6-8-12-31(27)35/h5-22H,4H2,1-3H3. The van der Waals surface area contributed by atoms with Crippen LogP contribution < -0.4 is 0 Å². The number of thiophene rings is 1. The fraction of sp³-hybridized carbons (Fsp3) is 0.176. The van der Waals surface area contributed by atoms with Crippen molar-refractivity contribution in [3.05, 3.63) is 114 Å². The Kier molecular flexibility index (Phi) is 4.94. The Balaban J connectivity index is 1.42. The number of para-hydroxylation sites is 2. The molecule has 176 valence electrons. The highest BCUT2D eigenvalue weighted by Crippen LogP contribution is 2.42. The van der Waals surface area contributed by atoms with Crippen LogP contribution in [-0.2, 0) is 0 Å². The molecule has 36 heavy (non-hydrogen) atoms.